The number of H-pyrrole nitrogens is 1. The summed E-state index contributed by atoms with van der Waals surface area (Å²) in [5, 5.41) is 3.03. The monoisotopic (exact) mass is 405 g/mol. The third-order valence-corrected chi connectivity index (χ3v) is 5.22. The number of rotatable bonds is 2. The van der Waals surface area contributed by atoms with Crippen LogP contribution in [0.5, 0.6) is 0 Å². The number of alkyl halides is 3. The average molecular weight is 406 g/mol. The first-order valence-electron chi connectivity index (χ1n) is 8.50. The molecular weight excluding hydrogens is 391 g/mol. The molecular formula is C20H15ClF3N3O. The molecule has 0 aliphatic carbocycles. The van der Waals surface area contributed by atoms with Crippen LogP contribution >= 0.6 is 11.6 Å². The van der Waals surface area contributed by atoms with Crippen molar-refractivity contribution in [1.82, 2.24) is 9.97 Å². The summed E-state index contributed by atoms with van der Waals surface area (Å²) in [5.41, 5.74) is -2.57. The number of halogens is 4. The van der Waals surface area contributed by atoms with E-state index < -0.39 is 23.6 Å². The van der Waals surface area contributed by atoms with E-state index in [4.69, 9.17) is 11.6 Å². The van der Waals surface area contributed by atoms with Crippen LogP contribution in [-0.4, -0.2) is 16.1 Å². The lowest BCUT2D eigenvalue weighted by Crippen LogP contribution is -2.49. The fraction of sp³-hybridized carbons (Fsp3) is 0.200. The molecule has 144 valence electrons. The molecule has 0 spiro atoms. The second kappa shape index (κ2) is 6.38. The maximum atomic E-state index is 14.8. The van der Waals surface area contributed by atoms with E-state index in [9.17, 15) is 18.0 Å². The molecule has 0 saturated heterocycles. The van der Waals surface area contributed by atoms with Crippen LogP contribution in [0.2, 0.25) is 5.02 Å². The van der Waals surface area contributed by atoms with Crippen molar-refractivity contribution in [3.63, 3.8) is 0 Å². The van der Waals surface area contributed by atoms with E-state index in [0.717, 1.165) is 0 Å². The minimum atomic E-state index is -4.71. The molecule has 1 aliphatic heterocycles. The molecule has 0 radical (unpaired) electrons. The zero-order chi connectivity index (χ0) is 20.1. The number of anilines is 2. The number of nitrogens with one attached hydrogen (secondary N) is 2. The van der Waals surface area contributed by atoms with Crippen LogP contribution in [-0.2, 0) is 11.8 Å². The summed E-state index contributed by atoms with van der Waals surface area (Å²) in [6.45, 7) is 1.55. The van der Waals surface area contributed by atoms with Crippen LogP contribution in [0, 0.1) is 6.92 Å². The van der Waals surface area contributed by atoms with Crippen LogP contribution in [0.25, 0.3) is 0 Å². The summed E-state index contributed by atoms with van der Waals surface area (Å²) >= 11 is 6.07. The molecule has 3 heterocycles. The molecule has 0 bridgehead atoms. The second-order valence-corrected chi connectivity index (χ2v) is 7.22. The minimum Gasteiger partial charge on any atom is -0.351 e. The number of hydrogen-bond acceptors (Lipinski definition) is 3. The molecule has 0 amide bonds. The van der Waals surface area contributed by atoms with Crippen molar-refractivity contribution in [3.8, 4) is 0 Å². The van der Waals surface area contributed by atoms with Crippen molar-refractivity contribution in [2.75, 3.05) is 5.32 Å². The maximum Gasteiger partial charge on any atom is 0.402 e. The van der Waals surface area contributed by atoms with E-state index in [2.05, 4.69) is 15.3 Å². The van der Waals surface area contributed by atoms with E-state index in [1.807, 2.05) is 0 Å². The lowest BCUT2D eigenvalue weighted by molar-refractivity contribution is -0.178. The van der Waals surface area contributed by atoms with Gasteiger partial charge in [-0.15, -0.1) is 0 Å². The standard InChI is InChI=1S/C20H15ClF3N3O/c1-11-8-15-17(18(28)26-11)27-16-6-5-12(21)9-14(16)19(15,20(22,23)24)10-13-4-2-3-7-25-13/h2-9,27H,10H2,1H3,(H,26,28). The number of aryl methyl sites for hydroxylation is 1. The number of fused-ring (bicyclic) bond motifs is 2. The first-order valence-corrected chi connectivity index (χ1v) is 8.88. The minimum absolute atomic E-state index is 0.0318. The van der Waals surface area contributed by atoms with E-state index in [0.29, 0.717) is 5.69 Å². The molecule has 2 aromatic heterocycles. The van der Waals surface area contributed by atoms with Crippen molar-refractivity contribution in [3.05, 3.63) is 86.6 Å². The summed E-state index contributed by atoms with van der Waals surface area (Å²) in [5.74, 6) is 0. The van der Waals surface area contributed by atoms with Crippen molar-refractivity contribution in [1.29, 1.82) is 0 Å². The molecule has 8 heteroatoms. The van der Waals surface area contributed by atoms with Gasteiger partial charge in [-0.1, -0.05) is 17.7 Å². The quantitative estimate of drug-likeness (QED) is 0.639. The Morgan fingerprint density at radius 3 is 2.61 bits per heavy atom. The molecule has 2 N–H and O–H groups in total. The summed E-state index contributed by atoms with van der Waals surface area (Å²) < 4.78 is 44.5. The van der Waals surface area contributed by atoms with Crippen molar-refractivity contribution in [2.24, 2.45) is 0 Å². The normalized spacial score (nSPS) is 18.2. The molecule has 4 nitrogen and oxygen atoms in total. The van der Waals surface area contributed by atoms with Gasteiger partial charge in [-0.25, -0.2) is 0 Å². The highest BCUT2D eigenvalue weighted by atomic mass is 35.5. The second-order valence-electron chi connectivity index (χ2n) is 6.79. The molecule has 28 heavy (non-hydrogen) atoms. The van der Waals surface area contributed by atoms with E-state index in [1.165, 1.54) is 30.5 Å². The number of aromatic amines is 1. The lowest BCUT2D eigenvalue weighted by Gasteiger charge is -2.42. The number of aromatic nitrogens is 2. The van der Waals surface area contributed by atoms with Crippen molar-refractivity contribution < 1.29 is 13.2 Å². The van der Waals surface area contributed by atoms with Gasteiger partial charge in [0.2, 0.25) is 0 Å². The van der Waals surface area contributed by atoms with Gasteiger partial charge in [0, 0.05) is 40.3 Å². The van der Waals surface area contributed by atoms with Gasteiger partial charge in [0.15, 0.2) is 0 Å². The van der Waals surface area contributed by atoms with Crippen LogP contribution < -0.4 is 10.9 Å². The van der Waals surface area contributed by atoms with Gasteiger partial charge in [0.1, 0.15) is 11.1 Å². The molecule has 3 aromatic rings. The van der Waals surface area contributed by atoms with Crippen LogP contribution in [0.1, 0.15) is 22.5 Å². The van der Waals surface area contributed by atoms with E-state index >= 15 is 0 Å². The smallest absolute Gasteiger partial charge is 0.351 e. The SMILES string of the molecule is Cc1cc2c(c(=O)[nH]1)Nc1ccc(Cl)cc1C2(Cc1ccccn1)C(F)(F)F. The van der Waals surface area contributed by atoms with Gasteiger partial charge in [-0.2, -0.15) is 13.2 Å². The first-order chi connectivity index (χ1) is 13.2. The average Bonchev–Trinajstić information content (AvgIpc) is 2.62. The lowest BCUT2D eigenvalue weighted by atomic mass is 9.67. The van der Waals surface area contributed by atoms with Crippen LogP contribution in [0.3, 0.4) is 0 Å². The van der Waals surface area contributed by atoms with Crippen molar-refractivity contribution >= 4 is 23.0 Å². The Hall–Kier alpha value is -2.80. The number of benzene rings is 1. The first kappa shape index (κ1) is 18.6. The molecule has 1 aromatic carbocycles. The van der Waals surface area contributed by atoms with Gasteiger partial charge >= 0.3 is 6.18 Å². The summed E-state index contributed by atoms with van der Waals surface area (Å²) in [4.78, 5) is 19.2. The summed E-state index contributed by atoms with van der Waals surface area (Å²) in [7, 11) is 0. The summed E-state index contributed by atoms with van der Waals surface area (Å²) in [6, 6.07) is 10.4. The molecule has 1 unspecified atom stereocenters. The van der Waals surface area contributed by atoms with Gasteiger partial charge in [0.25, 0.3) is 5.56 Å². The molecule has 1 aliphatic rings. The van der Waals surface area contributed by atoms with Gasteiger partial charge in [-0.05, 0) is 48.9 Å². The Morgan fingerprint density at radius 2 is 1.93 bits per heavy atom. The van der Waals surface area contributed by atoms with Crippen molar-refractivity contribution in [2.45, 2.75) is 24.9 Å². The Balaban J connectivity index is 2.12. The van der Waals surface area contributed by atoms with Gasteiger partial charge in [-0.3, -0.25) is 9.78 Å². The zero-order valence-electron chi connectivity index (χ0n) is 14.7. The predicted octanol–water partition coefficient (Wildman–Crippen LogP) is 4.88. The summed E-state index contributed by atoms with van der Waals surface area (Å²) in [6.07, 6.45) is -3.72. The third kappa shape index (κ3) is 2.77. The zero-order valence-corrected chi connectivity index (χ0v) is 15.4. The largest absolute Gasteiger partial charge is 0.402 e. The molecule has 1 atom stereocenters. The van der Waals surface area contributed by atoms with Crippen LogP contribution in [0.4, 0.5) is 24.5 Å². The molecule has 4 rings (SSSR count). The fourth-order valence-electron chi connectivity index (χ4n) is 3.78. The number of pyridine rings is 2. The topological polar surface area (TPSA) is 57.8 Å². The Bertz CT molecular complexity index is 1110. The predicted molar refractivity (Wildman–Crippen MR) is 101 cm³/mol. The van der Waals surface area contributed by atoms with Gasteiger partial charge in [0.05, 0.1) is 0 Å². The highest BCUT2D eigenvalue weighted by Gasteiger charge is 2.60. The molecule has 0 saturated carbocycles. The Kier molecular flexibility index (Phi) is 4.23. The van der Waals surface area contributed by atoms with Gasteiger partial charge < -0.3 is 10.3 Å². The highest BCUT2D eigenvalue weighted by Crippen LogP contribution is 2.55. The number of nitrogens with zero attached hydrogens (tertiary/aromatic N) is 1. The van der Waals surface area contributed by atoms with Crippen LogP contribution in [0.15, 0.2) is 53.5 Å². The van der Waals surface area contributed by atoms with E-state index in [1.54, 1.807) is 25.1 Å². The number of hydrogen-bond donors (Lipinski definition) is 2. The maximum absolute atomic E-state index is 14.8. The third-order valence-electron chi connectivity index (χ3n) is 4.99. The molecule has 0 fully saturated rings. The highest BCUT2D eigenvalue weighted by molar-refractivity contribution is 6.30. The fourth-order valence-corrected chi connectivity index (χ4v) is 3.95. The Morgan fingerprint density at radius 1 is 1.14 bits per heavy atom. The Labute approximate surface area is 163 Å². The van der Waals surface area contributed by atoms with E-state index in [-0.39, 0.29) is 33.2 Å².